The summed E-state index contributed by atoms with van der Waals surface area (Å²) >= 11 is 0. The van der Waals surface area contributed by atoms with Crippen molar-refractivity contribution in [3.63, 3.8) is 0 Å². The van der Waals surface area contributed by atoms with Gasteiger partial charge in [-0.25, -0.2) is 0 Å². The summed E-state index contributed by atoms with van der Waals surface area (Å²) < 4.78 is 10.9. The number of hydrogen-bond donors (Lipinski definition) is 2. The van der Waals surface area contributed by atoms with Crippen LogP contribution in [-0.2, 0) is 9.47 Å². The standard InChI is InChI=1S/C25H40O4/c1-23-10-7-16(26)13-15(23)5-6-17-19(23)8-11-24(2)22(17)18-14-20(18)25(24,27)12-9-21(28-3)29-4/h5,16-22,26-27H,6-14H2,1-4H3/t16-,17+,18+,19-,20-,22-,23-,24-,25-/m0/s1. The molecule has 29 heavy (non-hydrogen) atoms. The van der Waals surface area contributed by atoms with Gasteiger partial charge in [0.15, 0.2) is 6.29 Å². The lowest BCUT2D eigenvalue weighted by Crippen LogP contribution is -2.56. The molecule has 0 saturated heterocycles. The van der Waals surface area contributed by atoms with Crippen molar-refractivity contribution in [1.82, 2.24) is 0 Å². The van der Waals surface area contributed by atoms with Gasteiger partial charge in [0.05, 0.1) is 11.7 Å². The lowest BCUT2D eigenvalue weighted by Gasteiger charge is -2.60. The third-order valence-corrected chi connectivity index (χ3v) is 10.5. The normalized spacial score (nSPS) is 53.0. The largest absolute Gasteiger partial charge is 0.393 e. The van der Waals surface area contributed by atoms with Gasteiger partial charge in [-0.3, -0.25) is 0 Å². The fourth-order valence-corrected chi connectivity index (χ4v) is 8.92. The summed E-state index contributed by atoms with van der Waals surface area (Å²) in [6.45, 7) is 4.89. The number of ether oxygens (including phenoxy) is 2. The molecule has 0 spiro atoms. The molecule has 0 aromatic rings. The van der Waals surface area contributed by atoms with Crippen molar-refractivity contribution in [1.29, 1.82) is 0 Å². The van der Waals surface area contributed by atoms with Gasteiger partial charge in [0.2, 0.25) is 0 Å². The van der Waals surface area contributed by atoms with Crippen LogP contribution in [-0.4, -0.2) is 42.4 Å². The molecule has 0 amide bonds. The van der Waals surface area contributed by atoms with E-state index in [4.69, 9.17) is 9.47 Å². The summed E-state index contributed by atoms with van der Waals surface area (Å²) in [7, 11) is 3.38. The average Bonchev–Trinajstić information content (AvgIpc) is 3.46. The first kappa shape index (κ1) is 20.5. The minimum Gasteiger partial charge on any atom is -0.393 e. The lowest BCUT2D eigenvalue weighted by atomic mass is 9.45. The molecule has 0 aromatic carbocycles. The molecule has 5 rings (SSSR count). The highest BCUT2D eigenvalue weighted by Crippen LogP contribution is 2.77. The summed E-state index contributed by atoms with van der Waals surface area (Å²) in [6.07, 6.45) is 11.4. The third-order valence-electron chi connectivity index (χ3n) is 10.5. The van der Waals surface area contributed by atoms with E-state index in [9.17, 15) is 10.2 Å². The van der Waals surface area contributed by atoms with Crippen molar-refractivity contribution in [2.45, 2.75) is 89.6 Å². The molecule has 4 nitrogen and oxygen atoms in total. The Morgan fingerprint density at radius 1 is 1.10 bits per heavy atom. The third kappa shape index (κ3) is 2.71. The molecular weight excluding hydrogens is 364 g/mol. The van der Waals surface area contributed by atoms with Gasteiger partial charge in [0, 0.05) is 20.6 Å². The second-order valence-electron chi connectivity index (χ2n) is 11.4. The first-order valence-corrected chi connectivity index (χ1v) is 11.9. The van der Waals surface area contributed by atoms with Crippen molar-refractivity contribution in [3.8, 4) is 0 Å². The van der Waals surface area contributed by atoms with Crippen LogP contribution in [0.2, 0.25) is 0 Å². The molecule has 5 aliphatic carbocycles. The Hall–Kier alpha value is -0.420. The summed E-state index contributed by atoms with van der Waals surface area (Å²) in [5.74, 6) is 3.23. The van der Waals surface area contributed by atoms with Gasteiger partial charge < -0.3 is 19.7 Å². The van der Waals surface area contributed by atoms with Crippen LogP contribution in [0.15, 0.2) is 11.6 Å². The maximum Gasteiger partial charge on any atom is 0.156 e. The highest BCUT2D eigenvalue weighted by Gasteiger charge is 2.75. The van der Waals surface area contributed by atoms with Crippen LogP contribution in [0.1, 0.15) is 71.6 Å². The number of fused-ring (bicyclic) bond motifs is 7. The molecule has 0 aromatic heterocycles. The number of hydrogen-bond acceptors (Lipinski definition) is 4. The van der Waals surface area contributed by atoms with E-state index in [1.165, 1.54) is 18.4 Å². The average molecular weight is 405 g/mol. The fourth-order valence-electron chi connectivity index (χ4n) is 8.92. The second-order valence-corrected chi connectivity index (χ2v) is 11.4. The smallest absolute Gasteiger partial charge is 0.156 e. The molecule has 4 heteroatoms. The zero-order valence-electron chi connectivity index (χ0n) is 18.7. The summed E-state index contributed by atoms with van der Waals surface area (Å²) in [5.41, 5.74) is 1.25. The van der Waals surface area contributed by atoms with E-state index >= 15 is 0 Å². The quantitative estimate of drug-likeness (QED) is 0.530. The zero-order valence-corrected chi connectivity index (χ0v) is 18.7. The number of aliphatic hydroxyl groups is 2. The molecule has 4 fully saturated rings. The Labute approximate surface area is 176 Å². The molecular formula is C25H40O4. The van der Waals surface area contributed by atoms with Crippen LogP contribution in [0.3, 0.4) is 0 Å². The van der Waals surface area contributed by atoms with Crippen LogP contribution in [0.5, 0.6) is 0 Å². The number of methoxy groups -OCH3 is 2. The SMILES string of the molecule is COC(CC[C@]1(O)[C@H]2C[C@H]2[C@@H]2[C@@H]3CC=C4C[C@@H](O)CC[C@]4(C)[C@H]3CC[C@@]21C)OC. The molecule has 4 saturated carbocycles. The zero-order chi connectivity index (χ0) is 20.6. The predicted molar refractivity (Wildman–Crippen MR) is 112 cm³/mol. The minimum absolute atomic E-state index is 0.0175. The van der Waals surface area contributed by atoms with E-state index in [1.807, 2.05) is 0 Å². The van der Waals surface area contributed by atoms with Crippen molar-refractivity contribution in [2.24, 2.45) is 40.4 Å². The molecule has 0 radical (unpaired) electrons. The monoisotopic (exact) mass is 404 g/mol. The van der Waals surface area contributed by atoms with Crippen LogP contribution in [0, 0.1) is 40.4 Å². The van der Waals surface area contributed by atoms with E-state index in [-0.39, 0.29) is 23.2 Å². The first-order chi connectivity index (χ1) is 13.8. The van der Waals surface area contributed by atoms with Crippen LogP contribution in [0.4, 0.5) is 0 Å². The van der Waals surface area contributed by atoms with E-state index in [0.717, 1.165) is 50.9 Å². The second kappa shape index (κ2) is 6.79. The highest BCUT2D eigenvalue weighted by atomic mass is 16.7. The number of aliphatic hydroxyl groups excluding tert-OH is 1. The van der Waals surface area contributed by atoms with Gasteiger partial charge in [0.25, 0.3) is 0 Å². The van der Waals surface area contributed by atoms with Crippen molar-refractivity contribution in [2.75, 3.05) is 14.2 Å². The van der Waals surface area contributed by atoms with Crippen molar-refractivity contribution >= 4 is 0 Å². The van der Waals surface area contributed by atoms with Gasteiger partial charge in [-0.05, 0) is 91.8 Å². The molecule has 0 aliphatic heterocycles. The van der Waals surface area contributed by atoms with Gasteiger partial charge in [-0.1, -0.05) is 25.5 Å². The van der Waals surface area contributed by atoms with Gasteiger partial charge in [-0.2, -0.15) is 0 Å². The molecule has 0 bridgehead atoms. The maximum atomic E-state index is 12.1. The van der Waals surface area contributed by atoms with Crippen LogP contribution < -0.4 is 0 Å². The topological polar surface area (TPSA) is 58.9 Å². The van der Waals surface area contributed by atoms with Crippen LogP contribution >= 0.6 is 0 Å². The summed E-state index contributed by atoms with van der Waals surface area (Å²) in [6, 6.07) is 0. The van der Waals surface area contributed by atoms with E-state index < -0.39 is 5.60 Å². The Balaban J connectivity index is 1.42. The Kier molecular flexibility index (Phi) is 4.79. The van der Waals surface area contributed by atoms with Gasteiger partial charge in [-0.15, -0.1) is 0 Å². The van der Waals surface area contributed by atoms with Gasteiger partial charge >= 0.3 is 0 Å². The molecule has 9 atom stereocenters. The van der Waals surface area contributed by atoms with E-state index in [2.05, 4.69) is 19.9 Å². The fraction of sp³-hybridized carbons (Fsp3) is 0.920. The Bertz CT molecular complexity index is 686. The Morgan fingerprint density at radius 3 is 2.59 bits per heavy atom. The van der Waals surface area contributed by atoms with E-state index in [1.54, 1.807) is 14.2 Å². The molecule has 2 N–H and O–H groups in total. The number of rotatable bonds is 5. The first-order valence-electron chi connectivity index (χ1n) is 11.9. The highest BCUT2D eigenvalue weighted by molar-refractivity contribution is 5.29. The summed E-state index contributed by atoms with van der Waals surface area (Å²) in [4.78, 5) is 0. The summed E-state index contributed by atoms with van der Waals surface area (Å²) in [5, 5.41) is 22.3. The molecule has 0 unspecified atom stereocenters. The van der Waals surface area contributed by atoms with Gasteiger partial charge in [0.1, 0.15) is 0 Å². The van der Waals surface area contributed by atoms with Crippen LogP contribution in [0.25, 0.3) is 0 Å². The maximum absolute atomic E-state index is 12.1. The Morgan fingerprint density at radius 2 is 1.86 bits per heavy atom. The molecule has 0 heterocycles. The molecule has 164 valence electrons. The minimum atomic E-state index is -0.573. The van der Waals surface area contributed by atoms with Crippen molar-refractivity contribution < 1.29 is 19.7 Å². The number of allylic oxidation sites excluding steroid dienone is 1. The lowest BCUT2D eigenvalue weighted by molar-refractivity contribution is -0.165. The predicted octanol–water partition coefficient (Wildman–Crippen LogP) is 4.30. The molecule has 5 aliphatic rings. The van der Waals surface area contributed by atoms with Crippen molar-refractivity contribution in [3.05, 3.63) is 11.6 Å². The van der Waals surface area contributed by atoms with E-state index in [0.29, 0.717) is 23.7 Å².